The van der Waals surface area contributed by atoms with Crippen LogP contribution in [-0.4, -0.2) is 41.8 Å². The van der Waals surface area contributed by atoms with Crippen molar-refractivity contribution >= 4 is 17.0 Å². The smallest absolute Gasteiger partial charge is 0.191 e. The maximum absolute atomic E-state index is 5.61. The number of ether oxygens (including phenoxy) is 1. The van der Waals surface area contributed by atoms with Crippen molar-refractivity contribution in [1.82, 2.24) is 20.2 Å². The van der Waals surface area contributed by atoms with Gasteiger partial charge >= 0.3 is 0 Å². The standard InChI is InChI=1S/C16H23N5O/c1-17-16(18-10-12-6-5-9-22-12)19-11-15-20-13-7-3-4-8-14(13)21(15)2/h3-4,7-8,12H,5-6,9-11H2,1-2H3,(H2,17,18,19). The number of hydrogen-bond donors (Lipinski definition) is 2. The van der Waals surface area contributed by atoms with E-state index < -0.39 is 0 Å². The summed E-state index contributed by atoms with van der Waals surface area (Å²) < 4.78 is 7.71. The average molecular weight is 301 g/mol. The largest absolute Gasteiger partial charge is 0.376 e. The predicted molar refractivity (Wildman–Crippen MR) is 87.9 cm³/mol. The van der Waals surface area contributed by atoms with E-state index in [0.717, 1.165) is 48.8 Å². The van der Waals surface area contributed by atoms with Crippen LogP contribution in [0.1, 0.15) is 18.7 Å². The van der Waals surface area contributed by atoms with Crippen molar-refractivity contribution in [1.29, 1.82) is 0 Å². The van der Waals surface area contributed by atoms with Crippen LogP contribution in [0.25, 0.3) is 11.0 Å². The van der Waals surface area contributed by atoms with Gasteiger partial charge in [-0.1, -0.05) is 12.1 Å². The molecule has 1 atom stereocenters. The van der Waals surface area contributed by atoms with Gasteiger partial charge in [-0.2, -0.15) is 0 Å². The topological polar surface area (TPSA) is 63.5 Å². The second kappa shape index (κ2) is 6.79. The molecule has 1 aliphatic heterocycles. The summed E-state index contributed by atoms with van der Waals surface area (Å²) in [5.41, 5.74) is 2.16. The molecular weight excluding hydrogens is 278 g/mol. The van der Waals surface area contributed by atoms with Crippen molar-refractivity contribution in [3.8, 4) is 0 Å². The van der Waals surface area contributed by atoms with Gasteiger partial charge < -0.3 is 19.9 Å². The third kappa shape index (κ3) is 3.22. The molecule has 22 heavy (non-hydrogen) atoms. The fraction of sp³-hybridized carbons (Fsp3) is 0.500. The molecule has 2 heterocycles. The molecule has 3 rings (SSSR count). The van der Waals surface area contributed by atoms with Crippen LogP contribution in [0.15, 0.2) is 29.3 Å². The van der Waals surface area contributed by atoms with Crippen molar-refractivity contribution in [2.45, 2.75) is 25.5 Å². The third-order valence-corrected chi connectivity index (χ3v) is 4.04. The van der Waals surface area contributed by atoms with Gasteiger partial charge in [0.1, 0.15) is 5.82 Å². The highest BCUT2D eigenvalue weighted by atomic mass is 16.5. The fourth-order valence-electron chi connectivity index (χ4n) is 2.75. The van der Waals surface area contributed by atoms with Crippen LogP contribution in [0.2, 0.25) is 0 Å². The molecule has 2 N–H and O–H groups in total. The summed E-state index contributed by atoms with van der Waals surface area (Å²) in [6.45, 7) is 2.30. The molecule has 0 radical (unpaired) electrons. The zero-order valence-corrected chi connectivity index (χ0v) is 13.2. The molecule has 1 aliphatic rings. The molecule has 2 aromatic rings. The Morgan fingerprint density at radius 2 is 2.27 bits per heavy atom. The summed E-state index contributed by atoms with van der Waals surface area (Å²) in [7, 11) is 3.81. The highest BCUT2D eigenvalue weighted by molar-refractivity contribution is 5.80. The van der Waals surface area contributed by atoms with Crippen molar-refractivity contribution in [3.05, 3.63) is 30.1 Å². The van der Waals surface area contributed by atoms with Gasteiger partial charge in [0.15, 0.2) is 5.96 Å². The number of rotatable bonds is 4. The molecule has 0 bridgehead atoms. The Hall–Kier alpha value is -2.08. The van der Waals surface area contributed by atoms with Gasteiger partial charge in [-0.05, 0) is 25.0 Å². The number of nitrogens with zero attached hydrogens (tertiary/aromatic N) is 3. The lowest BCUT2D eigenvalue weighted by molar-refractivity contribution is 0.114. The molecular formula is C16H23N5O. The zero-order valence-electron chi connectivity index (χ0n) is 13.2. The first kappa shape index (κ1) is 14.8. The maximum Gasteiger partial charge on any atom is 0.191 e. The monoisotopic (exact) mass is 301 g/mol. The number of para-hydroxylation sites is 2. The fourth-order valence-corrected chi connectivity index (χ4v) is 2.75. The molecule has 0 spiro atoms. The minimum absolute atomic E-state index is 0.300. The number of aromatic nitrogens is 2. The van der Waals surface area contributed by atoms with Gasteiger partial charge in [-0.3, -0.25) is 4.99 Å². The Morgan fingerprint density at radius 1 is 1.41 bits per heavy atom. The summed E-state index contributed by atoms with van der Waals surface area (Å²) in [4.78, 5) is 8.90. The van der Waals surface area contributed by atoms with Crippen molar-refractivity contribution in [2.75, 3.05) is 20.2 Å². The lowest BCUT2D eigenvalue weighted by atomic mass is 10.2. The Labute approximate surface area is 130 Å². The third-order valence-electron chi connectivity index (χ3n) is 4.04. The van der Waals surface area contributed by atoms with Crippen molar-refractivity contribution in [3.63, 3.8) is 0 Å². The first-order valence-corrected chi connectivity index (χ1v) is 7.74. The molecule has 1 saturated heterocycles. The first-order valence-electron chi connectivity index (χ1n) is 7.74. The van der Waals surface area contributed by atoms with Gasteiger partial charge in [-0.15, -0.1) is 0 Å². The van der Waals surface area contributed by atoms with Gasteiger partial charge in [0.05, 0.1) is 23.7 Å². The average Bonchev–Trinajstić information content (AvgIpc) is 3.17. The highest BCUT2D eigenvalue weighted by Crippen LogP contribution is 2.14. The van der Waals surface area contributed by atoms with Gasteiger partial charge in [-0.25, -0.2) is 4.98 Å². The minimum atomic E-state index is 0.300. The number of imidazole rings is 1. The lowest BCUT2D eigenvalue weighted by Crippen LogP contribution is -2.41. The maximum atomic E-state index is 5.61. The Kier molecular flexibility index (Phi) is 4.58. The Balaban J connectivity index is 1.58. The normalized spacial score (nSPS) is 18.8. The van der Waals surface area contributed by atoms with E-state index in [2.05, 4.69) is 31.2 Å². The van der Waals surface area contributed by atoms with Crippen LogP contribution >= 0.6 is 0 Å². The van der Waals surface area contributed by atoms with E-state index in [1.165, 1.54) is 0 Å². The number of guanidine groups is 1. The summed E-state index contributed by atoms with van der Waals surface area (Å²) in [6, 6.07) is 8.15. The molecule has 6 nitrogen and oxygen atoms in total. The van der Waals surface area contributed by atoms with Gasteiger partial charge in [0, 0.05) is 27.2 Å². The van der Waals surface area contributed by atoms with Crippen LogP contribution in [0, 0.1) is 0 Å². The molecule has 0 saturated carbocycles. The van der Waals surface area contributed by atoms with Crippen LogP contribution in [-0.2, 0) is 18.3 Å². The van der Waals surface area contributed by atoms with E-state index in [1.807, 2.05) is 25.2 Å². The summed E-state index contributed by atoms with van der Waals surface area (Å²) in [5, 5.41) is 6.62. The summed E-state index contributed by atoms with van der Waals surface area (Å²) in [6.07, 6.45) is 2.57. The SMILES string of the molecule is CN=C(NCc1nc2ccccc2n1C)NCC1CCCO1. The number of aliphatic imine (C=N–C) groups is 1. The first-order chi connectivity index (χ1) is 10.8. The Morgan fingerprint density at radius 3 is 3.00 bits per heavy atom. The van der Waals surface area contributed by atoms with Crippen LogP contribution in [0.4, 0.5) is 0 Å². The lowest BCUT2D eigenvalue weighted by Gasteiger charge is -2.14. The molecule has 6 heteroatoms. The van der Waals surface area contributed by atoms with Crippen LogP contribution in [0.3, 0.4) is 0 Å². The van der Waals surface area contributed by atoms with Gasteiger partial charge in [0.25, 0.3) is 0 Å². The van der Waals surface area contributed by atoms with E-state index in [9.17, 15) is 0 Å². The number of aryl methyl sites for hydroxylation is 1. The van der Waals surface area contributed by atoms with Crippen molar-refractivity contribution in [2.24, 2.45) is 12.0 Å². The highest BCUT2D eigenvalue weighted by Gasteiger charge is 2.15. The molecule has 0 aliphatic carbocycles. The van der Waals surface area contributed by atoms with Crippen LogP contribution in [0.5, 0.6) is 0 Å². The number of benzene rings is 1. The van der Waals surface area contributed by atoms with E-state index in [1.54, 1.807) is 7.05 Å². The molecule has 118 valence electrons. The van der Waals surface area contributed by atoms with Crippen molar-refractivity contribution < 1.29 is 4.74 Å². The second-order valence-electron chi connectivity index (χ2n) is 5.52. The predicted octanol–water partition coefficient (Wildman–Crippen LogP) is 1.42. The van der Waals surface area contributed by atoms with E-state index in [-0.39, 0.29) is 0 Å². The number of nitrogens with one attached hydrogen (secondary N) is 2. The quantitative estimate of drug-likeness (QED) is 0.662. The van der Waals surface area contributed by atoms with E-state index in [4.69, 9.17) is 4.74 Å². The van der Waals surface area contributed by atoms with E-state index in [0.29, 0.717) is 12.6 Å². The zero-order chi connectivity index (χ0) is 15.4. The molecule has 1 fully saturated rings. The number of hydrogen-bond acceptors (Lipinski definition) is 3. The molecule has 1 unspecified atom stereocenters. The Bertz CT molecular complexity index is 658. The second-order valence-corrected chi connectivity index (χ2v) is 5.52. The minimum Gasteiger partial charge on any atom is -0.376 e. The molecule has 1 aromatic carbocycles. The van der Waals surface area contributed by atoms with Gasteiger partial charge in [0.2, 0.25) is 0 Å². The summed E-state index contributed by atoms with van der Waals surface area (Å²) >= 11 is 0. The summed E-state index contributed by atoms with van der Waals surface area (Å²) in [5.74, 6) is 1.77. The molecule has 0 amide bonds. The molecule has 1 aromatic heterocycles. The number of fused-ring (bicyclic) bond motifs is 1. The van der Waals surface area contributed by atoms with Crippen LogP contribution < -0.4 is 10.6 Å². The van der Waals surface area contributed by atoms with E-state index >= 15 is 0 Å².